The van der Waals surface area contributed by atoms with Gasteiger partial charge in [0.15, 0.2) is 0 Å². The van der Waals surface area contributed by atoms with Gasteiger partial charge in [-0.1, -0.05) is 33.1 Å². The van der Waals surface area contributed by atoms with Crippen LogP contribution in [-0.2, 0) is 0 Å². The Balaban J connectivity index is 2.13. The first-order valence-corrected chi connectivity index (χ1v) is 8.43. The Kier molecular flexibility index (Phi) is 5.35. The number of rotatable bonds is 7. The second kappa shape index (κ2) is 7.02. The molecule has 1 atom stereocenters. The van der Waals surface area contributed by atoms with Crippen LogP contribution in [0, 0.1) is 19.8 Å². The van der Waals surface area contributed by atoms with Crippen molar-refractivity contribution in [2.24, 2.45) is 5.92 Å². The topological polar surface area (TPSA) is 37.8 Å². The fourth-order valence-corrected chi connectivity index (χ4v) is 3.50. The highest BCUT2D eigenvalue weighted by Gasteiger charge is 2.13. The van der Waals surface area contributed by atoms with Gasteiger partial charge in [0.1, 0.15) is 17.0 Å². The lowest BCUT2D eigenvalue weighted by Gasteiger charge is -2.16. The maximum atomic E-state index is 4.45. The molecule has 0 bridgehead atoms. The Morgan fingerprint density at radius 3 is 2.75 bits per heavy atom. The summed E-state index contributed by atoms with van der Waals surface area (Å²) in [5, 5.41) is 4.77. The molecule has 2 aromatic heterocycles. The van der Waals surface area contributed by atoms with Gasteiger partial charge in [0.05, 0.1) is 5.39 Å². The van der Waals surface area contributed by atoms with Crippen LogP contribution in [0.25, 0.3) is 10.2 Å². The average molecular weight is 291 g/mol. The van der Waals surface area contributed by atoms with E-state index in [4.69, 9.17) is 0 Å². The Labute approximate surface area is 125 Å². The van der Waals surface area contributed by atoms with Gasteiger partial charge >= 0.3 is 0 Å². The molecule has 2 heterocycles. The normalized spacial score (nSPS) is 12.8. The Morgan fingerprint density at radius 1 is 1.25 bits per heavy atom. The lowest BCUT2D eigenvalue weighted by atomic mass is 9.99. The molecule has 0 fully saturated rings. The van der Waals surface area contributed by atoms with Crippen molar-refractivity contribution in [2.75, 3.05) is 11.9 Å². The van der Waals surface area contributed by atoms with Crippen LogP contribution in [0.5, 0.6) is 0 Å². The maximum absolute atomic E-state index is 4.45. The highest BCUT2D eigenvalue weighted by atomic mass is 32.1. The second-order valence-electron chi connectivity index (χ2n) is 5.48. The zero-order chi connectivity index (χ0) is 14.5. The molecule has 0 saturated carbocycles. The fourth-order valence-electron chi connectivity index (χ4n) is 2.50. The number of nitrogens with one attached hydrogen (secondary N) is 1. The molecule has 0 aliphatic heterocycles. The van der Waals surface area contributed by atoms with Gasteiger partial charge in [0.25, 0.3) is 0 Å². The monoisotopic (exact) mass is 291 g/mol. The first-order chi connectivity index (χ1) is 9.67. The molecule has 0 aliphatic carbocycles. The minimum atomic E-state index is 0.736. The quantitative estimate of drug-likeness (QED) is 0.785. The molecule has 0 aliphatic rings. The van der Waals surface area contributed by atoms with Gasteiger partial charge < -0.3 is 5.32 Å². The van der Waals surface area contributed by atoms with Gasteiger partial charge in [-0.05, 0) is 31.7 Å². The molecule has 3 nitrogen and oxygen atoms in total. The predicted molar refractivity (Wildman–Crippen MR) is 88.7 cm³/mol. The molecular weight excluding hydrogens is 266 g/mol. The molecule has 0 aromatic carbocycles. The summed E-state index contributed by atoms with van der Waals surface area (Å²) in [6.07, 6.45) is 6.79. The summed E-state index contributed by atoms with van der Waals surface area (Å²) in [5.74, 6) is 1.74. The maximum Gasteiger partial charge on any atom is 0.138 e. The number of aryl methyl sites for hydroxylation is 2. The smallest absolute Gasteiger partial charge is 0.138 e. The number of hydrogen-bond donors (Lipinski definition) is 1. The molecule has 0 radical (unpaired) electrons. The number of aromatic nitrogens is 2. The van der Waals surface area contributed by atoms with Crippen LogP contribution in [0.4, 0.5) is 5.82 Å². The molecule has 0 saturated heterocycles. The predicted octanol–water partition coefficient (Wildman–Crippen LogP) is 4.94. The molecular formula is C16H25N3S. The van der Waals surface area contributed by atoms with Crippen LogP contribution < -0.4 is 5.32 Å². The molecule has 0 spiro atoms. The Bertz CT molecular complexity index is 562. The van der Waals surface area contributed by atoms with E-state index in [2.05, 4.69) is 43.0 Å². The van der Waals surface area contributed by atoms with Crippen LogP contribution in [0.1, 0.15) is 50.0 Å². The van der Waals surface area contributed by atoms with Crippen molar-refractivity contribution >= 4 is 27.4 Å². The average Bonchev–Trinajstić information content (AvgIpc) is 2.75. The van der Waals surface area contributed by atoms with Gasteiger partial charge in [-0.3, -0.25) is 0 Å². The standard InChI is InChI=1S/C16H25N3S/c1-5-7-8-13(6-2)9-17-15-14-11(3)12(4)20-16(14)19-10-18-15/h10,13H,5-9H2,1-4H3,(H,17,18,19). The first-order valence-electron chi connectivity index (χ1n) is 7.61. The third-order valence-electron chi connectivity index (χ3n) is 4.07. The molecule has 4 heteroatoms. The highest BCUT2D eigenvalue weighted by molar-refractivity contribution is 7.18. The van der Waals surface area contributed by atoms with Crippen LogP contribution in [0.15, 0.2) is 6.33 Å². The van der Waals surface area contributed by atoms with Crippen molar-refractivity contribution in [3.63, 3.8) is 0 Å². The van der Waals surface area contributed by atoms with Crippen LogP contribution in [0.3, 0.4) is 0 Å². The number of thiophene rings is 1. The van der Waals surface area contributed by atoms with Gasteiger partial charge in [0.2, 0.25) is 0 Å². The van der Waals surface area contributed by atoms with Gasteiger partial charge in [-0.15, -0.1) is 11.3 Å². The van der Waals surface area contributed by atoms with Crippen molar-refractivity contribution in [3.8, 4) is 0 Å². The third kappa shape index (κ3) is 3.29. The minimum absolute atomic E-state index is 0.736. The Morgan fingerprint density at radius 2 is 2.05 bits per heavy atom. The van der Waals surface area contributed by atoms with Gasteiger partial charge in [-0.25, -0.2) is 9.97 Å². The number of fused-ring (bicyclic) bond motifs is 1. The van der Waals surface area contributed by atoms with E-state index in [1.165, 1.54) is 41.5 Å². The van der Waals surface area contributed by atoms with E-state index in [1.54, 1.807) is 17.7 Å². The molecule has 2 aromatic rings. The number of anilines is 1. The zero-order valence-corrected chi connectivity index (χ0v) is 13.8. The minimum Gasteiger partial charge on any atom is -0.369 e. The molecule has 1 unspecified atom stereocenters. The van der Waals surface area contributed by atoms with Gasteiger partial charge in [-0.2, -0.15) is 0 Å². The second-order valence-corrected chi connectivity index (χ2v) is 6.69. The lowest BCUT2D eigenvalue weighted by Crippen LogP contribution is -2.14. The summed E-state index contributed by atoms with van der Waals surface area (Å²) in [6, 6.07) is 0. The summed E-state index contributed by atoms with van der Waals surface area (Å²) in [5.41, 5.74) is 1.31. The summed E-state index contributed by atoms with van der Waals surface area (Å²) in [6.45, 7) is 9.86. The first kappa shape index (κ1) is 15.2. The molecule has 110 valence electrons. The third-order valence-corrected chi connectivity index (χ3v) is 5.18. The fraction of sp³-hybridized carbons (Fsp3) is 0.625. The van der Waals surface area contributed by atoms with Crippen molar-refractivity contribution in [2.45, 2.75) is 53.4 Å². The SMILES string of the molecule is CCCCC(CC)CNc1ncnc2sc(C)c(C)c12. The molecule has 2 rings (SSSR count). The number of hydrogen-bond acceptors (Lipinski definition) is 4. The van der Waals surface area contributed by atoms with Crippen LogP contribution in [-0.4, -0.2) is 16.5 Å². The summed E-state index contributed by atoms with van der Waals surface area (Å²) in [7, 11) is 0. The largest absolute Gasteiger partial charge is 0.369 e. The number of nitrogens with zero attached hydrogens (tertiary/aromatic N) is 2. The molecule has 0 amide bonds. The van der Waals surface area contributed by atoms with E-state index in [0.717, 1.165) is 23.1 Å². The van der Waals surface area contributed by atoms with Crippen LogP contribution >= 0.6 is 11.3 Å². The highest BCUT2D eigenvalue weighted by Crippen LogP contribution is 2.32. The lowest BCUT2D eigenvalue weighted by molar-refractivity contribution is 0.472. The van der Waals surface area contributed by atoms with Gasteiger partial charge in [0, 0.05) is 11.4 Å². The number of unbranched alkanes of at least 4 members (excludes halogenated alkanes) is 1. The summed E-state index contributed by atoms with van der Waals surface area (Å²) in [4.78, 5) is 11.3. The molecule has 20 heavy (non-hydrogen) atoms. The van der Waals surface area contributed by atoms with Crippen LogP contribution in [0.2, 0.25) is 0 Å². The van der Waals surface area contributed by atoms with E-state index < -0.39 is 0 Å². The zero-order valence-electron chi connectivity index (χ0n) is 13.0. The Hall–Kier alpha value is -1.16. The van der Waals surface area contributed by atoms with Crippen molar-refractivity contribution in [1.29, 1.82) is 0 Å². The van der Waals surface area contributed by atoms with E-state index in [9.17, 15) is 0 Å². The van der Waals surface area contributed by atoms with E-state index >= 15 is 0 Å². The van der Waals surface area contributed by atoms with E-state index in [0.29, 0.717) is 0 Å². The summed E-state index contributed by atoms with van der Waals surface area (Å²) >= 11 is 1.76. The van der Waals surface area contributed by atoms with E-state index in [1.807, 2.05) is 0 Å². The molecule has 1 N–H and O–H groups in total. The van der Waals surface area contributed by atoms with Crippen molar-refractivity contribution < 1.29 is 0 Å². The van der Waals surface area contributed by atoms with Crippen molar-refractivity contribution in [3.05, 3.63) is 16.8 Å². The van der Waals surface area contributed by atoms with E-state index in [-0.39, 0.29) is 0 Å². The summed E-state index contributed by atoms with van der Waals surface area (Å²) < 4.78 is 0. The van der Waals surface area contributed by atoms with Crippen molar-refractivity contribution in [1.82, 2.24) is 9.97 Å².